The zero-order valence-corrected chi connectivity index (χ0v) is 10.1. The summed E-state index contributed by atoms with van der Waals surface area (Å²) in [4.78, 5) is 10.9. The minimum atomic E-state index is -0.470. The van der Waals surface area contributed by atoms with E-state index in [-0.39, 0.29) is 12.3 Å². The van der Waals surface area contributed by atoms with Crippen LogP contribution in [0, 0.1) is 10.1 Å². The number of benzene rings is 1. The predicted molar refractivity (Wildman–Crippen MR) is 63.1 cm³/mol. The summed E-state index contributed by atoms with van der Waals surface area (Å²) in [5, 5.41) is 27.3. The van der Waals surface area contributed by atoms with Gasteiger partial charge in [-0.2, -0.15) is 0 Å². The molecule has 2 rings (SSSR count). The third-order valence-corrected chi connectivity index (χ3v) is 3.78. The SMILES string of the molecule is O=[N+]([O-])c1cc(CO)ccc1Sc1nncs1. The van der Waals surface area contributed by atoms with Gasteiger partial charge in [-0.05, 0) is 11.6 Å². The maximum absolute atomic E-state index is 10.9. The van der Waals surface area contributed by atoms with Crippen molar-refractivity contribution in [1.29, 1.82) is 0 Å². The Kier molecular flexibility index (Phi) is 3.67. The molecular weight excluding hydrogens is 262 g/mol. The molecule has 0 unspecified atom stereocenters. The van der Waals surface area contributed by atoms with Crippen LogP contribution in [0.5, 0.6) is 0 Å². The van der Waals surface area contributed by atoms with E-state index in [2.05, 4.69) is 10.2 Å². The first-order valence-electron chi connectivity index (χ1n) is 4.53. The maximum atomic E-state index is 10.9. The molecule has 1 aromatic heterocycles. The zero-order chi connectivity index (χ0) is 12.3. The number of aromatic nitrogens is 2. The lowest BCUT2D eigenvalue weighted by Gasteiger charge is -2.02. The third-order valence-electron chi connectivity index (χ3n) is 1.94. The predicted octanol–water partition coefficient (Wildman–Crippen LogP) is 2.09. The summed E-state index contributed by atoms with van der Waals surface area (Å²) in [5.74, 6) is 0. The first-order chi connectivity index (χ1) is 8.20. The third kappa shape index (κ3) is 2.78. The largest absolute Gasteiger partial charge is 0.392 e. The van der Waals surface area contributed by atoms with Gasteiger partial charge in [-0.1, -0.05) is 29.2 Å². The molecule has 8 heteroatoms. The van der Waals surface area contributed by atoms with Crippen LogP contribution in [0.15, 0.2) is 32.9 Å². The second-order valence-corrected chi connectivity index (χ2v) is 5.15. The minimum absolute atomic E-state index is 0.0308. The molecule has 0 aliphatic rings. The average molecular weight is 269 g/mol. The van der Waals surface area contributed by atoms with Gasteiger partial charge in [0.05, 0.1) is 16.4 Å². The van der Waals surface area contributed by atoms with E-state index in [1.807, 2.05) is 0 Å². The number of hydrogen-bond donors (Lipinski definition) is 1. The van der Waals surface area contributed by atoms with Crippen LogP contribution >= 0.6 is 23.1 Å². The van der Waals surface area contributed by atoms with E-state index in [4.69, 9.17) is 5.11 Å². The number of aliphatic hydroxyl groups excluding tert-OH is 1. The molecule has 0 aliphatic heterocycles. The van der Waals surface area contributed by atoms with Crippen molar-refractivity contribution in [3.05, 3.63) is 39.4 Å². The Hall–Kier alpha value is -1.51. The smallest absolute Gasteiger partial charge is 0.283 e. The van der Waals surface area contributed by atoms with Crippen molar-refractivity contribution in [1.82, 2.24) is 10.2 Å². The molecule has 88 valence electrons. The molecule has 1 aromatic carbocycles. The van der Waals surface area contributed by atoms with Gasteiger partial charge in [-0.15, -0.1) is 10.2 Å². The Morgan fingerprint density at radius 1 is 1.53 bits per heavy atom. The second-order valence-electron chi connectivity index (χ2n) is 3.02. The highest BCUT2D eigenvalue weighted by Crippen LogP contribution is 2.35. The summed E-state index contributed by atoms with van der Waals surface area (Å²) in [6.07, 6.45) is 0. The summed E-state index contributed by atoms with van der Waals surface area (Å²) in [6.45, 7) is -0.218. The Bertz CT molecular complexity index is 530. The molecule has 0 spiro atoms. The number of nitro benzene ring substituents is 1. The van der Waals surface area contributed by atoms with Crippen molar-refractivity contribution < 1.29 is 10.0 Å². The van der Waals surface area contributed by atoms with Crippen LogP contribution in [-0.2, 0) is 6.61 Å². The molecule has 1 heterocycles. The quantitative estimate of drug-likeness (QED) is 0.675. The standard InChI is InChI=1S/C9H7N3O3S2/c13-4-6-1-2-8(7(3-6)12(14)15)17-9-11-10-5-16-9/h1-3,5,13H,4H2. The van der Waals surface area contributed by atoms with Crippen LogP contribution in [0.1, 0.15) is 5.56 Å². The van der Waals surface area contributed by atoms with Gasteiger partial charge in [-0.3, -0.25) is 10.1 Å². The van der Waals surface area contributed by atoms with Crippen molar-refractivity contribution in [3.63, 3.8) is 0 Å². The molecule has 0 amide bonds. The number of aliphatic hydroxyl groups is 1. The van der Waals surface area contributed by atoms with Crippen LogP contribution in [0.25, 0.3) is 0 Å². The van der Waals surface area contributed by atoms with Gasteiger partial charge in [0.15, 0.2) is 4.34 Å². The lowest BCUT2D eigenvalue weighted by atomic mass is 10.2. The van der Waals surface area contributed by atoms with Gasteiger partial charge in [0.2, 0.25) is 0 Å². The van der Waals surface area contributed by atoms with Crippen LogP contribution in [0.4, 0.5) is 5.69 Å². The first kappa shape index (κ1) is 12.0. The number of nitrogens with zero attached hydrogens (tertiary/aromatic N) is 3. The topological polar surface area (TPSA) is 89.2 Å². The lowest BCUT2D eigenvalue weighted by Crippen LogP contribution is -1.93. The fourth-order valence-corrected chi connectivity index (χ4v) is 2.71. The summed E-state index contributed by atoms with van der Waals surface area (Å²) >= 11 is 2.51. The molecule has 1 N–H and O–H groups in total. The van der Waals surface area contributed by atoms with E-state index >= 15 is 0 Å². The van der Waals surface area contributed by atoms with Crippen LogP contribution in [0.3, 0.4) is 0 Å². The highest BCUT2D eigenvalue weighted by molar-refractivity contribution is 8.01. The summed E-state index contributed by atoms with van der Waals surface area (Å²) in [6, 6.07) is 4.62. The summed E-state index contributed by atoms with van der Waals surface area (Å²) < 4.78 is 0.643. The second kappa shape index (κ2) is 5.21. The molecule has 2 aromatic rings. The molecule has 0 saturated heterocycles. The van der Waals surface area contributed by atoms with E-state index in [1.165, 1.54) is 29.2 Å². The molecule has 0 atom stereocenters. The Labute approximate surface area is 104 Å². The molecule has 0 bridgehead atoms. The Morgan fingerprint density at radius 3 is 2.94 bits per heavy atom. The molecular formula is C9H7N3O3S2. The van der Waals surface area contributed by atoms with Gasteiger partial charge in [0.1, 0.15) is 5.51 Å². The van der Waals surface area contributed by atoms with E-state index < -0.39 is 4.92 Å². The zero-order valence-electron chi connectivity index (χ0n) is 8.44. The molecule has 0 saturated carbocycles. The summed E-state index contributed by atoms with van der Waals surface area (Å²) in [7, 11) is 0. The minimum Gasteiger partial charge on any atom is -0.392 e. The van der Waals surface area contributed by atoms with E-state index in [1.54, 1.807) is 17.6 Å². The molecule has 0 radical (unpaired) electrons. The summed E-state index contributed by atoms with van der Waals surface area (Å²) in [5.41, 5.74) is 2.05. The normalized spacial score (nSPS) is 10.4. The average Bonchev–Trinajstić information content (AvgIpc) is 2.82. The van der Waals surface area contributed by atoms with Crippen LogP contribution in [-0.4, -0.2) is 20.2 Å². The van der Waals surface area contributed by atoms with Crippen molar-refractivity contribution in [2.24, 2.45) is 0 Å². The van der Waals surface area contributed by atoms with Crippen LogP contribution in [0.2, 0.25) is 0 Å². The number of nitro groups is 1. The van der Waals surface area contributed by atoms with Crippen molar-refractivity contribution in [2.45, 2.75) is 15.8 Å². The first-order valence-corrected chi connectivity index (χ1v) is 6.22. The fourth-order valence-electron chi connectivity index (χ4n) is 1.19. The Balaban J connectivity index is 2.36. The Morgan fingerprint density at radius 2 is 2.35 bits per heavy atom. The number of hydrogen-bond acceptors (Lipinski definition) is 7. The highest BCUT2D eigenvalue weighted by atomic mass is 32.2. The fraction of sp³-hybridized carbons (Fsp3) is 0.111. The van der Waals surface area contributed by atoms with Gasteiger partial charge in [0.25, 0.3) is 5.69 Å². The molecule has 0 aliphatic carbocycles. The molecule has 17 heavy (non-hydrogen) atoms. The monoisotopic (exact) mass is 269 g/mol. The van der Waals surface area contributed by atoms with E-state index in [0.29, 0.717) is 14.8 Å². The molecule has 0 fully saturated rings. The van der Waals surface area contributed by atoms with Gasteiger partial charge >= 0.3 is 0 Å². The van der Waals surface area contributed by atoms with E-state index in [9.17, 15) is 10.1 Å². The van der Waals surface area contributed by atoms with Crippen LogP contribution < -0.4 is 0 Å². The van der Waals surface area contributed by atoms with Gasteiger partial charge < -0.3 is 5.11 Å². The maximum Gasteiger partial charge on any atom is 0.283 e. The highest BCUT2D eigenvalue weighted by Gasteiger charge is 2.16. The van der Waals surface area contributed by atoms with Gasteiger partial charge in [-0.25, -0.2) is 0 Å². The molecule has 6 nitrogen and oxygen atoms in total. The van der Waals surface area contributed by atoms with Crippen molar-refractivity contribution >= 4 is 28.8 Å². The van der Waals surface area contributed by atoms with E-state index in [0.717, 1.165) is 0 Å². The van der Waals surface area contributed by atoms with Crippen molar-refractivity contribution in [3.8, 4) is 0 Å². The van der Waals surface area contributed by atoms with Crippen molar-refractivity contribution in [2.75, 3.05) is 0 Å². The lowest BCUT2D eigenvalue weighted by molar-refractivity contribution is -0.387. The van der Waals surface area contributed by atoms with Gasteiger partial charge in [0, 0.05) is 6.07 Å². The number of rotatable bonds is 4.